The van der Waals surface area contributed by atoms with Crippen molar-refractivity contribution in [3.05, 3.63) is 54.4 Å². The molecule has 0 aliphatic carbocycles. The van der Waals surface area contributed by atoms with Gasteiger partial charge in [-0.15, -0.1) is 0 Å². The van der Waals surface area contributed by atoms with Gasteiger partial charge in [-0.25, -0.2) is 0 Å². The molecule has 0 bridgehead atoms. The Balaban J connectivity index is 1.83. The standard InChI is InChI=1S/C21H23N5O5/c1-5-8-12(6-2)18-23-16(31-24-18)11-25(4)17-13(7-3)20(29)26(21(17)30)14-9-10-15(27)22-19(14)28/h5-6,8,14H,1-2,7,9-11H2,3-4H3,(H,22,27,28)/b12-8+. The van der Waals surface area contributed by atoms with Crippen LogP contribution in [-0.4, -0.2) is 56.7 Å². The third kappa shape index (κ3) is 4.09. The number of imide groups is 2. The van der Waals surface area contributed by atoms with Crippen LogP contribution in [0.3, 0.4) is 0 Å². The molecule has 4 amide bonds. The first kappa shape index (κ1) is 21.9. The number of carbonyl (C=O) groups is 4. The predicted octanol–water partition coefficient (Wildman–Crippen LogP) is 1.09. The second-order valence-electron chi connectivity index (χ2n) is 7.06. The van der Waals surface area contributed by atoms with E-state index in [1.807, 2.05) is 0 Å². The Morgan fingerprint density at radius 1 is 1.29 bits per heavy atom. The first-order valence-corrected chi connectivity index (χ1v) is 9.76. The molecule has 10 heteroatoms. The number of hydrogen-bond acceptors (Lipinski definition) is 8. The highest BCUT2D eigenvalue weighted by atomic mass is 16.5. The Hall–Kier alpha value is -3.82. The highest BCUT2D eigenvalue weighted by Gasteiger charge is 2.46. The van der Waals surface area contributed by atoms with Gasteiger partial charge in [-0.2, -0.15) is 4.98 Å². The molecule has 0 aromatic carbocycles. The van der Waals surface area contributed by atoms with Crippen molar-refractivity contribution in [2.45, 2.75) is 38.8 Å². The largest absolute Gasteiger partial charge is 0.360 e. The molecule has 1 saturated heterocycles. The van der Waals surface area contributed by atoms with Gasteiger partial charge >= 0.3 is 0 Å². The number of aromatic nitrogens is 2. The number of carbonyl (C=O) groups excluding carboxylic acids is 4. The molecule has 1 unspecified atom stereocenters. The molecule has 3 heterocycles. The topological polar surface area (TPSA) is 126 Å². The Kier molecular flexibility index (Phi) is 6.28. The number of amides is 4. The van der Waals surface area contributed by atoms with Crippen LogP contribution in [0.25, 0.3) is 5.57 Å². The van der Waals surface area contributed by atoms with E-state index in [1.54, 1.807) is 37.1 Å². The maximum absolute atomic E-state index is 13.1. The second-order valence-corrected chi connectivity index (χ2v) is 7.06. The summed E-state index contributed by atoms with van der Waals surface area (Å²) in [6.07, 6.45) is 5.28. The number of piperidine rings is 1. The van der Waals surface area contributed by atoms with Crippen molar-refractivity contribution in [1.82, 2.24) is 25.3 Å². The third-order valence-corrected chi connectivity index (χ3v) is 5.06. The molecule has 2 aliphatic rings. The van der Waals surface area contributed by atoms with Crippen LogP contribution in [0.1, 0.15) is 37.9 Å². The summed E-state index contributed by atoms with van der Waals surface area (Å²) in [5, 5.41) is 6.08. The normalized spacial score (nSPS) is 19.7. The summed E-state index contributed by atoms with van der Waals surface area (Å²) in [5.41, 5.74) is 1.08. The molecule has 31 heavy (non-hydrogen) atoms. The number of allylic oxidation sites excluding steroid dienone is 4. The molecule has 2 aliphatic heterocycles. The summed E-state index contributed by atoms with van der Waals surface area (Å²) in [4.78, 5) is 56.5. The monoisotopic (exact) mass is 425 g/mol. The first-order chi connectivity index (χ1) is 14.8. The molecule has 1 aromatic rings. The fraction of sp³-hybridized carbons (Fsp3) is 0.333. The summed E-state index contributed by atoms with van der Waals surface area (Å²) in [7, 11) is 1.63. The van der Waals surface area contributed by atoms with Gasteiger partial charge in [0.15, 0.2) is 0 Å². The lowest BCUT2D eigenvalue weighted by Gasteiger charge is -2.29. The summed E-state index contributed by atoms with van der Waals surface area (Å²) in [6, 6.07) is -1.01. The summed E-state index contributed by atoms with van der Waals surface area (Å²) >= 11 is 0. The van der Waals surface area contributed by atoms with Crippen LogP contribution in [0.5, 0.6) is 0 Å². The summed E-state index contributed by atoms with van der Waals surface area (Å²) in [5.74, 6) is -1.63. The molecular weight excluding hydrogens is 402 g/mol. The van der Waals surface area contributed by atoms with Crippen LogP contribution in [0.4, 0.5) is 0 Å². The van der Waals surface area contributed by atoms with Crippen LogP contribution in [0.2, 0.25) is 0 Å². The van der Waals surface area contributed by atoms with Crippen LogP contribution in [-0.2, 0) is 25.7 Å². The van der Waals surface area contributed by atoms with Crippen LogP contribution in [0, 0.1) is 0 Å². The lowest BCUT2D eigenvalue weighted by atomic mass is 10.0. The third-order valence-electron chi connectivity index (χ3n) is 5.06. The molecule has 162 valence electrons. The lowest BCUT2D eigenvalue weighted by molar-refractivity contribution is -0.150. The van der Waals surface area contributed by atoms with Gasteiger partial charge in [0.1, 0.15) is 11.7 Å². The van der Waals surface area contributed by atoms with Crippen LogP contribution >= 0.6 is 0 Å². The minimum atomic E-state index is -1.01. The van der Waals surface area contributed by atoms with E-state index in [4.69, 9.17) is 4.52 Å². The van der Waals surface area contributed by atoms with Crippen molar-refractivity contribution in [3.63, 3.8) is 0 Å². The van der Waals surface area contributed by atoms with E-state index >= 15 is 0 Å². The number of hydrogen-bond donors (Lipinski definition) is 1. The fourth-order valence-electron chi connectivity index (χ4n) is 3.59. The van der Waals surface area contributed by atoms with Gasteiger partial charge < -0.3 is 9.42 Å². The van der Waals surface area contributed by atoms with Crippen molar-refractivity contribution in [2.75, 3.05) is 7.05 Å². The smallest absolute Gasteiger partial charge is 0.278 e. The van der Waals surface area contributed by atoms with Gasteiger partial charge in [0, 0.05) is 24.6 Å². The molecular formula is C21H23N5O5. The maximum atomic E-state index is 13.1. The molecule has 1 atom stereocenters. The molecule has 0 saturated carbocycles. The predicted molar refractivity (Wildman–Crippen MR) is 109 cm³/mol. The Labute approximate surface area is 178 Å². The summed E-state index contributed by atoms with van der Waals surface area (Å²) < 4.78 is 5.27. The first-order valence-electron chi connectivity index (χ1n) is 9.76. The van der Waals surface area contributed by atoms with E-state index in [1.165, 1.54) is 0 Å². The Morgan fingerprint density at radius 3 is 2.65 bits per heavy atom. The molecule has 1 N–H and O–H groups in total. The second kappa shape index (κ2) is 8.90. The van der Waals surface area contributed by atoms with Crippen molar-refractivity contribution >= 4 is 29.2 Å². The summed E-state index contributed by atoms with van der Waals surface area (Å²) in [6.45, 7) is 9.15. The van der Waals surface area contributed by atoms with E-state index in [2.05, 4.69) is 28.6 Å². The zero-order valence-corrected chi connectivity index (χ0v) is 17.4. The van der Waals surface area contributed by atoms with Crippen molar-refractivity contribution in [3.8, 4) is 0 Å². The minimum Gasteiger partial charge on any atom is -0.360 e. The molecule has 3 rings (SSSR count). The van der Waals surface area contributed by atoms with E-state index in [0.717, 1.165) is 4.90 Å². The van der Waals surface area contributed by atoms with Gasteiger partial charge in [0.2, 0.25) is 23.5 Å². The fourth-order valence-corrected chi connectivity index (χ4v) is 3.59. The van der Waals surface area contributed by atoms with E-state index in [0.29, 0.717) is 17.8 Å². The average Bonchev–Trinajstić information content (AvgIpc) is 3.28. The van der Waals surface area contributed by atoms with Crippen molar-refractivity contribution < 1.29 is 23.7 Å². The zero-order valence-electron chi connectivity index (χ0n) is 17.4. The highest BCUT2D eigenvalue weighted by molar-refractivity contribution is 6.21. The van der Waals surface area contributed by atoms with Crippen molar-refractivity contribution in [1.29, 1.82) is 0 Å². The molecule has 1 fully saturated rings. The van der Waals surface area contributed by atoms with Gasteiger partial charge in [0.05, 0.1) is 6.54 Å². The molecule has 10 nitrogen and oxygen atoms in total. The van der Waals surface area contributed by atoms with Crippen LogP contribution in [0.15, 0.2) is 47.2 Å². The van der Waals surface area contributed by atoms with E-state index < -0.39 is 29.7 Å². The maximum Gasteiger partial charge on any atom is 0.278 e. The number of likely N-dealkylation sites (N-methyl/N-ethyl adjacent to an activating group) is 1. The molecule has 1 aromatic heterocycles. The molecule has 0 spiro atoms. The number of rotatable bonds is 8. The van der Waals surface area contributed by atoms with E-state index in [9.17, 15) is 19.2 Å². The Bertz CT molecular complexity index is 1030. The quantitative estimate of drug-likeness (QED) is 0.485. The van der Waals surface area contributed by atoms with Gasteiger partial charge in [-0.1, -0.05) is 43.5 Å². The highest BCUT2D eigenvalue weighted by Crippen LogP contribution is 2.30. The minimum absolute atomic E-state index is 0.0642. The van der Waals surface area contributed by atoms with Gasteiger partial charge in [0.25, 0.3) is 11.8 Å². The van der Waals surface area contributed by atoms with Crippen molar-refractivity contribution in [2.24, 2.45) is 0 Å². The van der Waals surface area contributed by atoms with Gasteiger partial charge in [-0.05, 0) is 12.8 Å². The number of nitrogens with zero attached hydrogens (tertiary/aromatic N) is 4. The number of nitrogens with one attached hydrogen (secondary N) is 1. The lowest BCUT2D eigenvalue weighted by Crippen LogP contribution is -2.55. The Morgan fingerprint density at radius 2 is 2.03 bits per heavy atom. The molecule has 0 radical (unpaired) electrons. The SMILES string of the molecule is C=C/C=C(\C=C)c1noc(CN(C)C2=C(CC)C(=O)N(C3CCC(=O)NC3=O)C2=O)n1. The average molecular weight is 425 g/mol. The van der Waals surface area contributed by atoms with Crippen LogP contribution < -0.4 is 5.32 Å². The zero-order chi connectivity index (χ0) is 22.7. The van der Waals surface area contributed by atoms with E-state index in [-0.39, 0.29) is 36.5 Å². The van der Waals surface area contributed by atoms with Gasteiger partial charge in [-0.3, -0.25) is 29.4 Å².